The normalized spacial score (nSPS) is 14.1. The van der Waals surface area contributed by atoms with Crippen molar-refractivity contribution >= 4 is 40.5 Å². The summed E-state index contributed by atoms with van der Waals surface area (Å²) in [6.07, 6.45) is 2.31. The van der Waals surface area contributed by atoms with Gasteiger partial charge in [0.05, 0.1) is 10.7 Å². The highest BCUT2D eigenvalue weighted by atomic mass is 35.5. The minimum Gasteiger partial charge on any atom is -0.373 e. The molecular weight excluding hydrogens is 307 g/mol. The highest BCUT2D eigenvalue weighted by Gasteiger charge is 2.27. The smallest absolute Gasteiger partial charge is 0.136 e. The Hall–Kier alpha value is -1.52. The summed E-state index contributed by atoms with van der Waals surface area (Å²) in [5.74, 6) is 2.87. The second-order valence-corrected chi connectivity index (χ2v) is 6.04. The zero-order valence-corrected chi connectivity index (χ0v) is 13.4. The van der Waals surface area contributed by atoms with Gasteiger partial charge in [0, 0.05) is 24.1 Å². The zero-order valence-electron chi connectivity index (χ0n) is 11.9. The van der Waals surface area contributed by atoms with E-state index in [1.807, 2.05) is 32.2 Å². The minimum atomic E-state index is 0.482. The van der Waals surface area contributed by atoms with Crippen molar-refractivity contribution in [1.82, 2.24) is 9.97 Å². The van der Waals surface area contributed by atoms with Gasteiger partial charge < -0.3 is 10.6 Å². The Balaban J connectivity index is 1.94. The quantitative estimate of drug-likeness (QED) is 0.852. The van der Waals surface area contributed by atoms with E-state index in [9.17, 15) is 0 Å². The molecule has 1 saturated carbocycles. The fourth-order valence-corrected chi connectivity index (χ4v) is 2.49. The Labute approximate surface area is 133 Å². The van der Waals surface area contributed by atoms with E-state index in [1.165, 1.54) is 0 Å². The third-order valence-corrected chi connectivity index (χ3v) is 4.17. The number of halogens is 2. The highest BCUT2D eigenvalue weighted by Crippen LogP contribution is 2.39. The van der Waals surface area contributed by atoms with Crippen molar-refractivity contribution in [2.24, 2.45) is 0 Å². The first-order valence-electron chi connectivity index (χ1n) is 6.86. The first-order valence-corrected chi connectivity index (χ1v) is 7.62. The average Bonchev–Trinajstić information content (AvgIpc) is 3.29. The summed E-state index contributed by atoms with van der Waals surface area (Å²) in [5.41, 5.74) is 1.69. The number of aromatic nitrogens is 2. The van der Waals surface area contributed by atoms with Gasteiger partial charge in [-0.05, 0) is 37.5 Å². The van der Waals surface area contributed by atoms with Crippen LogP contribution in [0.4, 0.5) is 17.3 Å². The summed E-state index contributed by atoms with van der Waals surface area (Å²) < 4.78 is 0. The number of hydrogen-bond acceptors (Lipinski definition) is 4. The number of hydrogen-bond donors (Lipinski definition) is 2. The van der Waals surface area contributed by atoms with Gasteiger partial charge in [-0.15, -0.1) is 0 Å². The fourth-order valence-electron chi connectivity index (χ4n) is 2.06. The first-order chi connectivity index (χ1) is 10.1. The molecule has 6 heteroatoms. The third kappa shape index (κ3) is 3.22. The van der Waals surface area contributed by atoms with Crippen molar-refractivity contribution in [3.63, 3.8) is 0 Å². The second kappa shape index (κ2) is 5.70. The summed E-state index contributed by atoms with van der Waals surface area (Å²) >= 11 is 12.4. The van der Waals surface area contributed by atoms with E-state index in [0.717, 1.165) is 41.6 Å². The van der Waals surface area contributed by atoms with Gasteiger partial charge in [0.1, 0.15) is 17.5 Å². The summed E-state index contributed by atoms with van der Waals surface area (Å²) in [7, 11) is 1.85. The van der Waals surface area contributed by atoms with E-state index in [2.05, 4.69) is 20.6 Å². The predicted molar refractivity (Wildman–Crippen MR) is 88.0 cm³/mol. The number of anilines is 3. The molecule has 0 bridgehead atoms. The molecular formula is C15H16Cl2N4. The maximum atomic E-state index is 6.26. The Bertz CT molecular complexity index is 684. The van der Waals surface area contributed by atoms with Crippen LogP contribution in [0.3, 0.4) is 0 Å². The zero-order chi connectivity index (χ0) is 15.0. The van der Waals surface area contributed by atoms with E-state index in [0.29, 0.717) is 16.0 Å². The van der Waals surface area contributed by atoms with Crippen LogP contribution in [-0.2, 0) is 0 Å². The van der Waals surface area contributed by atoms with Crippen LogP contribution < -0.4 is 10.6 Å². The number of nitrogens with one attached hydrogen (secondary N) is 2. The molecule has 0 unspecified atom stereocenters. The number of benzene rings is 1. The van der Waals surface area contributed by atoms with Gasteiger partial charge in [0.25, 0.3) is 0 Å². The summed E-state index contributed by atoms with van der Waals surface area (Å²) in [6, 6.07) is 5.52. The van der Waals surface area contributed by atoms with Crippen molar-refractivity contribution in [1.29, 1.82) is 0 Å². The van der Waals surface area contributed by atoms with Crippen molar-refractivity contribution in [3.05, 3.63) is 39.6 Å². The molecule has 0 amide bonds. The summed E-state index contributed by atoms with van der Waals surface area (Å²) in [6.45, 7) is 1.92. The van der Waals surface area contributed by atoms with Crippen LogP contribution in [0.2, 0.25) is 10.0 Å². The Morgan fingerprint density at radius 2 is 1.76 bits per heavy atom. The Morgan fingerprint density at radius 1 is 1.05 bits per heavy atom. The molecule has 2 N–H and O–H groups in total. The van der Waals surface area contributed by atoms with Gasteiger partial charge in [-0.1, -0.05) is 23.2 Å². The van der Waals surface area contributed by atoms with Gasteiger partial charge in [-0.25, -0.2) is 9.97 Å². The van der Waals surface area contributed by atoms with Crippen molar-refractivity contribution in [2.75, 3.05) is 17.7 Å². The van der Waals surface area contributed by atoms with Crippen LogP contribution in [0.5, 0.6) is 0 Å². The van der Waals surface area contributed by atoms with Crippen LogP contribution in [0.15, 0.2) is 18.2 Å². The number of aryl methyl sites for hydroxylation is 1. The topological polar surface area (TPSA) is 49.8 Å². The lowest BCUT2D eigenvalue weighted by Crippen LogP contribution is -2.03. The third-order valence-electron chi connectivity index (χ3n) is 3.45. The van der Waals surface area contributed by atoms with Crippen molar-refractivity contribution in [2.45, 2.75) is 25.7 Å². The molecule has 2 aromatic rings. The van der Waals surface area contributed by atoms with Gasteiger partial charge in [-0.2, -0.15) is 0 Å². The van der Waals surface area contributed by atoms with E-state index in [4.69, 9.17) is 23.2 Å². The molecule has 0 aliphatic heterocycles. The van der Waals surface area contributed by atoms with E-state index < -0.39 is 0 Å². The Morgan fingerprint density at radius 3 is 2.43 bits per heavy atom. The molecule has 4 nitrogen and oxygen atoms in total. The lowest BCUT2D eigenvalue weighted by Gasteiger charge is -2.12. The van der Waals surface area contributed by atoms with Crippen LogP contribution in [0, 0.1) is 6.92 Å². The standard InChI is InChI=1S/C15H16Cl2N4/c1-8-5-11(17)12(6-10(8)16)19-14-7-13(18-2)20-15(21-14)9-3-4-9/h5-7,9H,3-4H2,1-2H3,(H2,18,19,20,21). The van der Waals surface area contributed by atoms with E-state index in [-0.39, 0.29) is 0 Å². The highest BCUT2D eigenvalue weighted by molar-refractivity contribution is 6.35. The second-order valence-electron chi connectivity index (χ2n) is 5.23. The van der Waals surface area contributed by atoms with Crippen LogP contribution >= 0.6 is 23.2 Å². The lowest BCUT2D eigenvalue weighted by molar-refractivity contribution is 0.932. The largest absolute Gasteiger partial charge is 0.373 e. The number of nitrogens with zero attached hydrogens (tertiary/aromatic N) is 2. The minimum absolute atomic E-state index is 0.482. The molecule has 0 atom stereocenters. The summed E-state index contributed by atoms with van der Waals surface area (Å²) in [5, 5.41) is 7.58. The fraction of sp³-hybridized carbons (Fsp3) is 0.333. The molecule has 110 valence electrons. The molecule has 1 aliphatic carbocycles. The maximum Gasteiger partial charge on any atom is 0.136 e. The molecule has 0 radical (unpaired) electrons. The molecule has 1 aliphatic rings. The molecule has 1 aromatic heterocycles. The van der Waals surface area contributed by atoms with Gasteiger partial charge in [0.15, 0.2) is 0 Å². The SMILES string of the molecule is CNc1cc(Nc2cc(Cl)c(C)cc2Cl)nc(C2CC2)n1. The van der Waals surface area contributed by atoms with Gasteiger partial charge >= 0.3 is 0 Å². The van der Waals surface area contributed by atoms with Crippen molar-refractivity contribution in [3.8, 4) is 0 Å². The average molecular weight is 323 g/mol. The van der Waals surface area contributed by atoms with Crippen LogP contribution in [-0.4, -0.2) is 17.0 Å². The molecule has 0 saturated heterocycles. The maximum absolute atomic E-state index is 6.26. The first kappa shape index (κ1) is 14.4. The predicted octanol–water partition coefficient (Wildman–Crippen LogP) is 4.75. The molecule has 0 spiro atoms. The van der Waals surface area contributed by atoms with Crippen LogP contribution in [0.25, 0.3) is 0 Å². The van der Waals surface area contributed by atoms with Gasteiger partial charge in [0.2, 0.25) is 0 Å². The van der Waals surface area contributed by atoms with E-state index >= 15 is 0 Å². The molecule has 1 heterocycles. The molecule has 1 fully saturated rings. The van der Waals surface area contributed by atoms with Crippen molar-refractivity contribution < 1.29 is 0 Å². The summed E-state index contributed by atoms with van der Waals surface area (Å²) in [4.78, 5) is 9.06. The number of rotatable bonds is 4. The lowest BCUT2D eigenvalue weighted by atomic mass is 10.2. The molecule has 21 heavy (non-hydrogen) atoms. The monoisotopic (exact) mass is 322 g/mol. The molecule has 3 rings (SSSR count). The van der Waals surface area contributed by atoms with Gasteiger partial charge in [-0.3, -0.25) is 0 Å². The molecule has 1 aromatic carbocycles. The Kier molecular flexibility index (Phi) is 3.91. The van der Waals surface area contributed by atoms with Crippen LogP contribution in [0.1, 0.15) is 30.1 Å². The van der Waals surface area contributed by atoms with E-state index in [1.54, 1.807) is 0 Å².